The molecular weight excluding hydrogens is 412 g/mol. The van der Waals surface area contributed by atoms with Crippen LogP contribution in [0.3, 0.4) is 0 Å². The summed E-state index contributed by atoms with van der Waals surface area (Å²) in [5.41, 5.74) is 2.13. The Morgan fingerprint density at radius 2 is 1.66 bits per heavy atom. The second-order valence-electron chi connectivity index (χ2n) is 6.29. The number of anilines is 2. The smallest absolute Gasteiger partial charge is 0.262 e. The Kier molecular flexibility index (Phi) is 6.41. The molecule has 0 saturated carbocycles. The van der Waals surface area contributed by atoms with Crippen LogP contribution in [0.1, 0.15) is 5.56 Å². The van der Waals surface area contributed by atoms with E-state index in [9.17, 15) is 13.2 Å². The number of hydrogen-bond acceptors (Lipinski definition) is 4. The molecule has 0 radical (unpaired) electrons. The third-order valence-electron chi connectivity index (χ3n) is 3.90. The zero-order valence-electron chi connectivity index (χ0n) is 15.6. The number of carbonyl (C=O) groups is 1. The lowest BCUT2D eigenvalue weighted by Gasteiger charge is -2.10. The molecule has 29 heavy (non-hydrogen) atoms. The first-order valence-corrected chi connectivity index (χ1v) is 10.6. The molecule has 3 rings (SSSR count). The highest BCUT2D eigenvalue weighted by Crippen LogP contribution is 2.20. The van der Waals surface area contributed by atoms with Crippen molar-refractivity contribution in [1.82, 2.24) is 0 Å². The third kappa shape index (κ3) is 5.97. The van der Waals surface area contributed by atoms with Crippen molar-refractivity contribution in [2.24, 2.45) is 0 Å². The molecule has 0 bridgehead atoms. The highest BCUT2D eigenvalue weighted by atomic mass is 35.5. The van der Waals surface area contributed by atoms with Gasteiger partial charge >= 0.3 is 0 Å². The van der Waals surface area contributed by atoms with Crippen LogP contribution in [0.25, 0.3) is 0 Å². The number of halogens is 1. The fourth-order valence-corrected chi connectivity index (χ4v) is 3.70. The van der Waals surface area contributed by atoms with Crippen molar-refractivity contribution in [3.05, 3.63) is 83.4 Å². The van der Waals surface area contributed by atoms with E-state index in [1.165, 1.54) is 24.3 Å². The third-order valence-corrected chi connectivity index (χ3v) is 5.55. The van der Waals surface area contributed by atoms with Gasteiger partial charge < -0.3 is 10.1 Å². The van der Waals surface area contributed by atoms with Crippen LogP contribution >= 0.6 is 11.6 Å². The van der Waals surface area contributed by atoms with Crippen molar-refractivity contribution < 1.29 is 17.9 Å². The Balaban J connectivity index is 1.58. The molecule has 3 aromatic carbocycles. The van der Waals surface area contributed by atoms with Crippen LogP contribution in [-0.4, -0.2) is 20.9 Å². The predicted molar refractivity (Wildman–Crippen MR) is 114 cm³/mol. The van der Waals surface area contributed by atoms with Crippen LogP contribution < -0.4 is 14.8 Å². The minimum Gasteiger partial charge on any atom is -0.484 e. The lowest BCUT2D eigenvalue weighted by Crippen LogP contribution is -2.20. The van der Waals surface area contributed by atoms with Gasteiger partial charge in [-0.2, -0.15) is 0 Å². The first kappa shape index (κ1) is 20.7. The molecule has 150 valence electrons. The maximum atomic E-state index is 12.4. The number of nitrogens with one attached hydrogen (secondary N) is 2. The molecule has 0 spiro atoms. The van der Waals surface area contributed by atoms with Crippen molar-refractivity contribution in [2.45, 2.75) is 11.8 Å². The molecule has 0 aliphatic rings. The van der Waals surface area contributed by atoms with Gasteiger partial charge in [0.05, 0.1) is 4.90 Å². The molecule has 8 heteroatoms. The van der Waals surface area contributed by atoms with Gasteiger partial charge in [0.25, 0.3) is 15.9 Å². The van der Waals surface area contributed by atoms with Crippen LogP contribution in [-0.2, 0) is 14.8 Å². The van der Waals surface area contributed by atoms with Crippen LogP contribution in [0.15, 0.2) is 77.7 Å². The van der Waals surface area contributed by atoms with Gasteiger partial charge in [0.15, 0.2) is 6.61 Å². The first-order chi connectivity index (χ1) is 13.8. The van der Waals surface area contributed by atoms with Gasteiger partial charge in [-0.3, -0.25) is 9.52 Å². The van der Waals surface area contributed by atoms with Gasteiger partial charge in [-0.05, 0) is 73.2 Å². The van der Waals surface area contributed by atoms with Crippen molar-refractivity contribution in [1.29, 1.82) is 0 Å². The minimum absolute atomic E-state index is 0.0732. The fourth-order valence-electron chi connectivity index (χ4n) is 2.52. The van der Waals surface area contributed by atoms with E-state index in [-0.39, 0.29) is 17.4 Å². The number of sulfonamides is 1. The molecule has 0 heterocycles. The Bertz CT molecular complexity index is 1100. The summed E-state index contributed by atoms with van der Waals surface area (Å²) in [5, 5.41) is 3.26. The Morgan fingerprint density at radius 1 is 0.966 bits per heavy atom. The summed E-state index contributed by atoms with van der Waals surface area (Å²) < 4.78 is 32.8. The zero-order chi connectivity index (χ0) is 20.9. The summed E-state index contributed by atoms with van der Waals surface area (Å²) in [6.45, 7) is 1.74. The minimum atomic E-state index is -3.75. The van der Waals surface area contributed by atoms with E-state index in [2.05, 4.69) is 10.0 Å². The molecule has 0 aromatic heterocycles. The fraction of sp³-hybridized carbons (Fsp3) is 0.0952. The van der Waals surface area contributed by atoms with Crippen molar-refractivity contribution >= 4 is 38.9 Å². The molecule has 0 atom stereocenters. The second-order valence-corrected chi connectivity index (χ2v) is 8.41. The summed E-state index contributed by atoms with van der Waals surface area (Å²) in [6, 6.07) is 19.6. The number of amides is 1. The molecule has 0 unspecified atom stereocenters. The maximum absolute atomic E-state index is 12.4. The van der Waals surface area contributed by atoms with Gasteiger partial charge in [-0.15, -0.1) is 0 Å². The van der Waals surface area contributed by atoms with Crippen molar-refractivity contribution in [3.8, 4) is 5.75 Å². The monoisotopic (exact) mass is 430 g/mol. The zero-order valence-corrected chi connectivity index (χ0v) is 17.1. The standard InChI is InChI=1S/C21H19ClN2O4S/c1-15-3-2-4-18(13-15)23-21(25)14-28-19-9-11-20(12-10-19)29(26,27)24-17-7-5-16(22)6-8-17/h2-13,24H,14H2,1H3,(H,23,25). The average Bonchev–Trinajstić information content (AvgIpc) is 2.68. The van der Waals surface area contributed by atoms with Gasteiger partial charge in [-0.25, -0.2) is 8.42 Å². The van der Waals surface area contributed by atoms with E-state index in [0.29, 0.717) is 22.1 Å². The van der Waals surface area contributed by atoms with Gasteiger partial charge in [0.2, 0.25) is 0 Å². The molecule has 0 saturated heterocycles. The Hall–Kier alpha value is -3.03. The number of hydrogen-bond donors (Lipinski definition) is 2. The Labute approximate surface area is 174 Å². The van der Waals surface area contributed by atoms with Crippen LogP contribution in [0.4, 0.5) is 11.4 Å². The lowest BCUT2D eigenvalue weighted by atomic mass is 10.2. The molecule has 6 nitrogen and oxygen atoms in total. The van der Waals surface area contributed by atoms with Crippen LogP contribution in [0, 0.1) is 6.92 Å². The molecule has 2 N–H and O–H groups in total. The second kappa shape index (κ2) is 8.98. The molecule has 3 aromatic rings. The molecule has 1 amide bonds. The molecule has 0 fully saturated rings. The number of rotatable bonds is 7. The van der Waals surface area contributed by atoms with Crippen LogP contribution in [0.5, 0.6) is 5.75 Å². The SMILES string of the molecule is Cc1cccc(NC(=O)COc2ccc(S(=O)(=O)Nc3ccc(Cl)cc3)cc2)c1. The first-order valence-electron chi connectivity index (χ1n) is 8.70. The van der Waals surface area contributed by atoms with Gasteiger partial charge in [0.1, 0.15) is 5.75 Å². The normalized spacial score (nSPS) is 11.0. The number of ether oxygens (including phenoxy) is 1. The molecular formula is C21H19ClN2O4S. The van der Waals surface area contributed by atoms with Crippen molar-refractivity contribution in [3.63, 3.8) is 0 Å². The highest BCUT2D eigenvalue weighted by Gasteiger charge is 2.14. The van der Waals surface area contributed by atoms with E-state index in [1.54, 1.807) is 30.3 Å². The lowest BCUT2D eigenvalue weighted by molar-refractivity contribution is -0.118. The van der Waals surface area contributed by atoms with E-state index >= 15 is 0 Å². The number of benzene rings is 3. The van der Waals surface area contributed by atoms with E-state index < -0.39 is 10.0 Å². The van der Waals surface area contributed by atoms with E-state index in [1.807, 2.05) is 25.1 Å². The van der Waals surface area contributed by atoms with E-state index in [0.717, 1.165) is 5.56 Å². The number of carbonyl (C=O) groups excluding carboxylic acids is 1. The largest absolute Gasteiger partial charge is 0.484 e. The highest BCUT2D eigenvalue weighted by molar-refractivity contribution is 7.92. The molecule has 0 aliphatic heterocycles. The summed E-state index contributed by atoms with van der Waals surface area (Å²) in [6.07, 6.45) is 0. The van der Waals surface area contributed by atoms with Crippen LogP contribution in [0.2, 0.25) is 5.02 Å². The predicted octanol–water partition coefficient (Wildman–Crippen LogP) is 4.47. The summed E-state index contributed by atoms with van der Waals surface area (Å²) in [5.74, 6) is 0.0755. The molecule has 0 aliphatic carbocycles. The summed E-state index contributed by atoms with van der Waals surface area (Å²) >= 11 is 5.80. The average molecular weight is 431 g/mol. The summed E-state index contributed by atoms with van der Waals surface area (Å²) in [7, 11) is -3.75. The number of aryl methyl sites for hydroxylation is 1. The van der Waals surface area contributed by atoms with Gasteiger partial charge in [0, 0.05) is 16.4 Å². The maximum Gasteiger partial charge on any atom is 0.262 e. The topological polar surface area (TPSA) is 84.5 Å². The van der Waals surface area contributed by atoms with E-state index in [4.69, 9.17) is 16.3 Å². The quantitative estimate of drug-likeness (QED) is 0.579. The van der Waals surface area contributed by atoms with Crippen molar-refractivity contribution in [2.75, 3.05) is 16.6 Å². The van der Waals surface area contributed by atoms with Gasteiger partial charge in [-0.1, -0.05) is 23.7 Å². The summed E-state index contributed by atoms with van der Waals surface area (Å²) in [4.78, 5) is 12.1. The Morgan fingerprint density at radius 3 is 2.31 bits per heavy atom.